The first-order chi connectivity index (χ1) is 16.1. The van der Waals surface area contributed by atoms with Gasteiger partial charge in [0, 0.05) is 36.6 Å². The van der Waals surface area contributed by atoms with E-state index in [1.165, 1.54) is 13.8 Å². The summed E-state index contributed by atoms with van der Waals surface area (Å²) in [5.41, 5.74) is -2.36. The van der Waals surface area contributed by atoms with E-state index in [1.54, 1.807) is 24.3 Å². The summed E-state index contributed by atoms with van der Waals surface area (Å²) in [7, 11) is 3.71. The van der Waals surface area contributed by atoms with Crippen LogP contribution in [0.25, 0.3) is 11.1 Å². The first-order valence-corrected chi connectivity index (χ1v) is 10.6. The minimum atomic E-state index is -5.01. The van der Waals surface area contributed by atoms with Crippen LogP contribution in [-0.2, 0) is 22.6 Å². The minimum Gasteiger partial charge on any atom is -0.377 e. The SMILES string of the molecule is CN(C)c1ccccc1-c1ccccc1NC(=O)C(C)(C)c1cc(C(F)(F)F)cc(C(F)(F)F)c1. The number of carbonyl (C=O) groups excluding carboxylic acids is 1. The molecule has 1 N–H and O–H groups in total. The lowest BCUT2D eigenvalue weighted by Crippen LogP contribution is -2.35. The number of benzene rings is 3. The smallest absolute Gasteiger partial charge is 0.377 e. The van der Waals surface area contributed by atoms with E-state index in [2.05, 4.69) is 5.32 Å². The van der Waals surface area contributed by atoms with Crippen molar-refractivity contribution in [1.29, 1.82) is 0 Å². The fraction of sp³-hybridized carbons (Fsp3) is 0.269. The Morgan fingerprint density at radius 1 is 0.714 bits per heavy atom. The molecule has 0 heterocycles. The number of para-hydroxylation sites is 2. The number of hydrogen-bond acceptors (Lipinski definition) is 2. The maximum Gasteiger partial charge on any atom is 0.416 e. The third kappa shape index (κ3) is 5.61. The second kappa shape index (κ2) is 9.28. The first-order valence-electron chi connectivity index (χ1n) is 10.6. The number of halogens is 6. The summed E-state index contributed by atoms with van der Waals surface area (Å²) in [5, 5.41) is 2.71. The van der Waals surface area contributed by atoms with E-state index >= 15 is 0 Å². The van der Waals surface area contributed by atoms with Crippen LogP contribution in [0.4, 0.5) is 37.7 Å². The van der Waals surface area contributed by atoms with Gasteiger partial charge in [0.25, 0.3) is 0 Å². The zero-order chi connectivity index (χ0) is 26.2. The van der Waals surface area contributed by atoms with Gasteiger partial charge in [-0.3, -0.25) is 4.79 Å². The van der Waals surface area contributed by atoms with E-state index in [1.807, 2.05) is 43.3 Å². The topological polar surface area (TPSA) is 32.3 Å². The fourth-order valence-corrected chi connectivity index (χ4v) is 3.64. The number of hydrogen-bond donors (Lipinski definition) is 1. The van der Waals surface area contributed by atoms with Crippen LogP contribution in [0, 0.1) is 0 Å². The van der Waals surface area contributed by atoms with Crippen LogP contribution < -0.4 is 10.2 Å². The quantitative estimate of drug-likeness (QED) is 0.376. The molecule has 186 valence electrons. The van der Waals surface area contributed by atoms with Crippen molar-refractivity contribution >= 4 is 17.3 Å². The van der Waals surface area contributed by atoms with E-state index in [0.717, 1.165) is 11.3 Å². The first kappa shape index (κ1) is 26.1. The molecule has 3 rings (SSSR count). The molecule has 0 aliphatic heterocycles. The van der Waals surface area contributed by atoms with Crippen LogP contribution in [0.2, 0.25) is 0 Å². The molecule has 0 aliphatic carbocycles. The highest BCUT2D eigenvalue weighted by molar-refractivity contribution is 6.02. The van der Waals surface area contributed by atoms with E-state index in [4.69, 9.17) is 0 Å². The van der Waals surface area contributed by atoms with Gasteiger partial charge in [-0.05, 0) is 49.7 Å². The third-order valence-electron chi connectivity index (χ3n) is 5.73. The lowest BCUT2D eigenvalue weighted by molar-refractivity contribution is -0.143. The maximum atomic E-state index is 13.3. The Hall–Kier alpha value is -3.49. The zero-order valence-corrected chi connectivity index (χ0v) is 19.5. The van der Waals surface area contributed by atoms with Crippen LogP contribution in [0.15, 0.2) is 66.7 Å². The van der Waals surface area contributed by atoms with Crippen molar-refractivity contribution in [2.75, 3.05) is 24.3 Å². The molecular formula is C26H24F6N2O. The Labute approximate surface area is 199 Å². The Morgan fingerprint density at radius 3 is 1.69 bits per heavy atom. The van der Waals surface area contributed by atoms with Crippen molar-refractivity contribution in [3.8, 4) is 11.1 Å². The van der Waals surface area contributed by atoms with Crippen molar-refractivity contribution in [3.63, 3.8) is 0 Å². The number of alkyl halides is 6. The Bertz CT molecular complexity index is 1200. The molecule has 0 aromatic heterocycles. The molecule has 0 fully saturated rings. The second-order valence-corrected chi connectivity index (χ2v) is 8.83. The third-order valence-corrected chi connectivity index (χ3v) is 5.73. The van der Waals surface area contributed by atoms with Crippen molar-refractivity contribution < 1.29 is 31.1 Å². The minimum absolute atomic E-state index is 0.0466. The van der Waals surface area contributed by atoms with Gasteiger partial charge in [0.15, 0.2) is 0 Å². The highest BCUT2D eigenvalue weighted by Crippen LogP contribution is 2.40. The fourth-order valence-electron chi connectivity index (χ4n) is 3.64. The van der Waals surface area contributed by atoms with E-state index < -0.39 is 40.4 Å². The summed E-state index contributed by atoms with van der Waals surface area (Å²) in [6.07, 6.45) is -10.0. The van der Waals surface area contributed by atoms with Crippen molar-refractivity contribution in [2.24, 2.45) is 0 Å². The number of nitrogens with one attached hydrogen (secondary N) is 1. The summed E-state index contributed by atoms with van der Waals surface area (Å²) in [5.74, 6) is -0.750. The molecule has 3 nitrogen and oxygen atoms in total. The van der Waals surface area contributed by atoms with Crippen LogP contribution in [0.3, 0.4) is 0 Å². The monoisotopic (exact) mass is 494 g/mol. The molecule has 35 heavy (non-hydrogen) atoms. The standard InChI is InChI=1S/C26H24F6N2O/c1-24(2,16-13-17(25(27,28)29)15-18(14-16)26(30,31)32)23(35)33-21-11-7-5-9-19(21)20-10-6-8-12-22(20)34(3)4/h5-15H,1-4H3,(H,33,35). The highest BCUT2D eigenvalue weighted by Gasteiger charge is 2.40. The maximum absolute atomic E-state index is 13.3. The van der Waals surface area contributed by atoms with Gasteiger partial charge in [-0.15, -0.1) is 0 Å². The molecular weight excluding hydrogens is 470 g/mol. The number of nitrogens with zero attached hydrogens (tertiary/aromatic N) is 1. The molecule has 9 heteroatoms. The Morgan fingerprint density at radius 2 is 1.17 bits per heavy atom. The summed E-state index contributed by atoms with van der Waals surface area (Å²) in [6.45, 7) is 2.57. The summed E-state index contributed by atoms with van der Waals surface area (Å²) in [6, 6.07) is 15.5. The second-order valence-electron chi connectivity index (χ2n) is 8.83. The van der Waals surface area contributed by atoms with Crippen molar-refractivity contribution in [1.82, 2.24) is 0 Å². The molecule has 3 aromatic carbocycles. The van der Waals surface area contributed by atoms with Crippen LogP contribution in [0.5, 0.6) is 0 Å². The number of rotatable bonds is 5. The Balaban J connectivity index is 2.05. The van der Waals surface area contributed by atoms with E-state index in [9.17, 15) is 31.1 Å². The van der Waals surface area contributed by atoms with Gasteiger partial charge < -0.3 is 10.2 Å². The number of carbonyl (C=O) groups is 1. The van der Waals surface area contributed by atoms with Gasteiger partial charge in [0.1, 0.15) is 0 Å². The van der Waals surface area contributed by atoms with Gasteiger partial charge in [-0.25, -0.2) is 0 Å². The lowest BCUT2D eigenvalue weighted by Gasteiger charge is -2.27. The molecule has 0 atom stereocenters. The van der Waals surface area contributed by atoms with Crippen molar-refractivity contribution in [3.05, 3.63) is 83.4 Å². The molecule has 0 spiro atoms. The predicted molar refractivity (Wildman–Crippen MR) is 124 cm³/mol. The molecule has 0 saturated heterocycles. The zero-order valence-electron chi connectivity index (χ0n) is 19.5. The molecule has 0 saturated carbocycles. The predicted octanol–water partition coefficient (Wildman–Crippen LogP) is 7.37. The molecule has 1 amide bonds. The lowest BCUT2D eigenvalue weighted by atomic mass is 9.81. The normalized spacial score (nSPS) is 12.4. The number of anilines is 2. The van der Waals surface area contributed by atoms with Crippen LogP contribution in [0.1, 0.15) is 30.5 Å². The summed E-state index contributed by atoms with van der Waals surface area (Å²) in [4.78, 5) is 15.2. The molecule has 0 bridgehead atoms. The Kier molecular flexibility index (Phi) is 6.93. The molecule has 0 radical (unpaired) electrons. The summed E-state index contributed by atoms with van der Waals surface area (Å²) >= 11 is 0. The largest absolute Gasteiger partial charge is 0.416 e. The van der Waals surface area contributed by atoms with E-state index in [0.29, 0.717) is 23.4 Å². The number of amides is 1. The van der Waals surface area contributed by atoms with Gasteiger partial charge in [-0.2, -0.15) is 26.3 Å². The molecule has 3 aromatic rings. The van der Waals surface area contributed by atoms with Crippen LogP contribution >= 0.6 is 0 Å². The summed E-state index contributed by atoms with van der Waals surface area (Å²) < 4.78 is 80.1. The van der Waals surface area contributed by atoms with Crippen LogP contribution in [-0.4, -0.2) is 20.0 Å². The van der Waals surface area contributed by atoms with Crippen molar-refractivity contribution in [2.45, 2.75) is 31.6 Å². The average Bonchev–Trinajstić information content (AvgIpc) is 2.78. The van der Waals surface area contributed by atoms with Gasteiger partial charge in [0.05, 0.1) is 16.5 Å². The average molecular weight is 494 g/mol. The van der Waals surface area contributed by atoms with Gasteiger partial charge in [0.2, 0.25) is 5.91 Å². The highest BCUT2D eigenvalue weighted by atomic mass is 19.4. The van der Waals surface area contributed by atoms with E-state index in [-0.39, 0.29) is 6.07 Å². The molecule has 0 aliphatic rings. The van der Waals surface area contributed by atoms with Gasteiger partial charge in [-0.1, -0.05) is 36.4 Å². The van der Waals surface area contributed by atoms with Gasteiger partial charge >= 0.3 is 12.4 Å². The molecule has 0 unspecified atom stereocenters.